The molecule has 3 aromatic rings. The van der Waals surface area contributed by atoms with Gasteiger partial charge in [0.2, 0.25) is 5.91 Å². The maximum atomic E-state index is 14.7. The second-order valence-corrected chi connectivity index (χ2v) is 13.4. The molecule has 1 saturated carbocycles. The van der Waals surface area contributed by atoms with Crippen molar-refractivity contribution in [3.63, 3.8) is 0 Å². The standard InChI is InChI=1S/C36H42FN7O2/c1-3-32(45)44-20-19-43(21-27(44)11-15-38)34-28-12-18-42(31-8-6-7-26-9-10-29(37)25(2)33(26)31)22-30(28)39-35(40-34)46-24-36(13-14-36)23-41-16-4-5-17-41/h3,6-10,27H,1,4-5,11-14,16-24H2,2H3/t27-/m0/s1. The lowest BCUT2D eigenvalue weighted by atomic mass is 9.99. The quantitative estimate of drug-likeness (QED) is 0.308. The number of piperazine rings is 1. The van der Waals surface area contributed by atoms with Crippen molar-refractivity contribution in [1.82, 2.24) is 19.8 Å². The molecule has 0 N–H and O–H groups in total. The van der Waals surface area contributed by atoms with Crippen LogP contribution in [0.1, 0.15) is 48.9 Å². The molecule has 7 rings (SSSR count). The van der Waals surface area contributed by atoms with Crippen LogP contribution in [0.4, 0.5) is 15.9 Å². The van der Waals surface area contributed by atoms with Gasteiger partial charge in [-0.3, -0.25) is 4.79 Å². The Kier molecular flexibility index (Phi) is 8.28. The molecule has 4 aliphatic rings. The van der Waals surface area contributed by atoms with E-state index in [1.807, 2.05) is 25.1 Å². The lowest BCUT2D eigenvalue weighted by Crippen LogP contribution is -2.55. The van der Waals surface area contributed by atoms with Gasteiger partial charge in [-0.2, -0.15) is 15.2 Å². The molecule has 1 atom stereocenters. The zero-order valence-electron chi connectivity index (χ0n) is 26.7. The summed E-state index contributed by atoms with van der Waals surface area (Å²) < 4.78 is 21.2. The van der Waals surface area contributed by atoms with Crippen molar-refractivity contribution >= 4 is 28.2 Å². The minimum Gasteiger partial charge on any atom is -0.463 e. The Morgan fingerprint density at radius 3 is 2.72 bits per heavy atom. The van der Waals surface area contributed by atoms with Crippen molar-refractivity contribution < 1.29 is 13.9 Å². The van der Waals surface area contributed by atoms with Crippen LogP contribution in [0.3, 0.4) is 0 Å². The summed E-state index contributed by atoms with van der Waals surface area (Å²) in [5.74, 6) is 0.471. The number of amides is 1. The number of hydrogen-bond acceptors (Lipinski definition) is 8. The summed E-state index contributed by atoms with van der Waals surface area (Å²) >= 11 is 0. The van der Waals surface area contributed by atoms with Crippen LogP contribution in [-0.4, -0.2) is 84.1 Å². The molecule has 1 amide bonds. The van der Waals surface area contributed by atoms with Crippen LogP contribution in [0.5, 0.6) is 6.01 Å². The van der Waals surface area contributed by atoms with Crippen LogP contribution in [0.15, 0.2) is 43.0 Å². The van der Waals surface area contributed by atoms with Gasteiger partial charge < -0.3 is 24.3 Å². The summed E-state index contributed by atoms with van der Waals surface area (Å²) in [4.78, 5) is 31.4. The summed E-state index contributed by atoms with van der Waals surface area (Å²) in [6, 6.07) is 11.9. The maximum Gasteiger partial charge on any atom is 0.318 e. The van der Waals surface area contributed by atoms with Crippen LogP contribution < -0.4 is 14.5 Å². The van der Waals surface area contributed by atoms with Crippen molar-refractivity contribution in [1.29, 1.82) is 5.26 Å². The predicted octanol–water partition coefficient (Wildman–Crippen LogP) is 5.01. The summed E-state index contributed by atoms with van der Waals surface area (Å²) in [6.07, 6.45) is 7.12. The van der Waals surface area contributed by atoms with E-state index in [4.69, 9.17) is 14.7 Å². The first kappa shape index (κ1) is 30.4. The van der Waals surface area contributed by atoms with Gasteiger partial charge in [0.15, 0.2) is 0 Å². The van der Waals surface area contributed by atoms with Crippen molar-refractivity contribution in [3.05, 3.63) is 65.6 Å². The first-order valence-electron chi connectivity index (χ1n) is 16.6. The number of nitriles is 1. The third-order valence-corrected chi connectivity index (χ3v) is 10.4. The highest BCUT2D eigenvalue weighted by atomic mass is 19.1. The van der Waals surface area contributed by atoms with Gasteiger partial charge >= 0.3 is 6.01 Å². The fraction of sp³-hybridized carbons (Fsp3) is 0.500. The summed E-state index contributed by atoms with van der Waals surface area (Å²) in [6.45, 7) is 12.3. The fourth-order valence-corrected chi connectivity index (χ4v) is 7.59. The molecule has 240 valence electrons. The van der Waals surface area contributed by atoms with Gasteiger partial charge in [-0.25, -0.2) is 4.39 Å². The number of anilines is 2. The van der Waals surface area contributed by atoms with Crippen LogP contribution in [-0.2, 0) is 17.8 Å². The molecule has 0 unspecified atom stereocenters. The van der Waals surface area contributed by atoms with Gasteiger partial charge in [-0.1, -0.05) is 24.8 Å². The van der Waals surface area contributed by atoms with Crippen molar-refractivity contribution in [2.75, 3.05) is 62.2 Å². The number of nitrogens with zero attached hydrogens (tertiary/aromatic N) is 7. The van der Waals surface area contributed by atoms with E-state index >= 15 is 0 Å². The number of carbonyl (C=O) groups excluding carboxylic acids is 1. The molecule has 1 aromatic heterocycles. The number of rotatable bonds is 9. The second-order valence-electron chi connectivity index (χ2n) is 13.4. The third-order valence-electron chi connectivity index (χ3n) is 10.4. The molecule has 46 heavy (non-hydrogen) atoms. The van der Waals surface area contributed by atoms with Crippen LogP contribution in [0, 0.1) is 29.5 Å². The highest BCUT2D eigenvalue weighted by Crippen LogP contribution is 2.47. The molecule has 2 aromatic carbocycles. The molecular formula is C36H42FN7O2. The molecule has 2 saturated heterocycles. The highest BCUT2D eigenvalue weighted by Gasteiger charge is 2.45. The zero-order valence-corrected chi connectivity index (χ0v) is 26.7. The minimum atomic E-state index is -0.261. The van der Waals surface area contributed by atoms with E-state index in [2.05, 4.69) is 33.4 Å². The van der Waals surface area contributed by atoms with Crippen LogP contribution in [0.2, 0.25) is 0 Å². The Hall–Kier alpha value is -4.23. The third kappa shape index (κ3) is 5.89. The first-order chi connectivity index (χ1) is 22.4. The Bertz CT molecular complexity index is 1690. The van der Waals surface area contributed by atoms with Crippen molar-refractivity contribution in [2.45, 2.75) is 58.0 Å². The van der Waals surface area contributed by atoms with Gasteiger partial charge in [0.1, 0.15) is 11.6 Å². The number of likely N-dealkylation sites (tertiary alicyclic amines) is 1. The van der Waals surface area contributed by atoms with E-state index < -0.39 is 0 Å². The van der Waals surface area contributed by atoms with Gasteiger partial charge in [0.05, 0.1) is 37.4 Å². The molecule has 3 aliphatic heterocycles. The fourth-order valence-electron chi connectivity index (χ4n) is 7.59. The van der Waals surface area contributed by atoms with Gasteiger partial charge in [0.25, 0.3) is 0 Å². The van der Waals surface area contributed by atoms with Gasteiger partial charge in [-0.05, 0) is 81.3 Å². The Morgan fingerprint density at radius 2 is 1.96 bits per heavy atom. The average molecular weight is 624 g/mol. The minimum absolute atomic E-state index is 0.154. The monoisotopic (exact) mass is 623 g/mol. The number of fused-ring (bicyclic) bond motifs is 2. The van der Waals surface area contributed by atoms with Gasteiger partial charge in [0, 0.05) is 54.8 Å². The van der Waals surface area contributed by atoms with E-state index in [1.165, 1.54) is 38.1 Å². The Morgan fingerprint density at radius 1 is 1.13 bits per heavy atom. The predicted molar refractivity (Wildman–Crippen MR) is 176 cm³/mol. The molecule has 0 radical (unpaired) electrons. The first-order valence-corrected chi connectivity index (χ1v) is 16.6. The lowest BCUT2D eigenvalue weighted by molar-refractivity contribution is -0.128. The number of carbonyl (C=O) groups is 1. The average Bonchev–Trinajstić information content (AvgIpc) is 3.65. The maximum absolute atomic E-state index is 14.7. The summed E-state index contributed by atoms with van der Waals surface area (Å²) in [7, 11) is 0. The van der Waals surface area contributed by atoms with E-state index in [9.17, 15) is 14.4 Å². The number of benzene rings is 2. The SMILES string of the molecule is C=CC(=O)N1CCN(c2nc(OCC3(CN4CCCC4)CC3)nc3c2CCN(c2cccc4ccc(F)c(C)c24)C3)C[C@@H]1CC#N. The molecule has 3 fully saturated rings. The molecule has 10 heteroatoms. The van der Waals surface area contributed by atoms with Crippen LogP contribution in [0.25, 0.3) is 10.8 Å². The molecule has 4 heterocycles. The molecule has 1 aliphatic carbocycles. The van der Waals surface area contributed by atoms with Crippen molar-refractivity contribution in [2.24, 2.45) is 5.41 Å². The topological polar surface area (TPSA) is 88.8 Å². The summed E-state index contributed by atoms with van der Waals surface area (Å²) in [5, 5.41) is 11.5. The van der Waals surface area contributed by atoms with E-state index in [-0.39, 0.29) is 29.6 Å². The number of aromatic nitrogens is 2. The van der Waals surface area contributed by atoms with Crippen LogP contribution >= 0.6 is 0 Å². The summed E-state index contributed by atoms with van der Waals surface area (Å²) in [5.41, 5.74) is 3.78. The Balaban J connectivity index is 1.21. The van der Waals surface area contributed by atoms with E-state index in [0.717, 1.165) is 59.5 Å². The lowest BCUT2D eigenvalue weighted by Gasteiger charge is -2.42. The van der Waals surface area contributed by atoms with Crippen molar-refractivity contribution in [3.8, 4) is 12.1 Å². The van der Waals surface area contributed by atoms with E-state index in [0.29, 0.717) is 50.8 Å². The smallest absolute Gasteiger partial charge is 0.318 e. The number of halogens is 1. The number of aryl methyl sites for hydroxylation is 1. The van der Waals surface area contributed by atoms with Gasteiger partial charge in [-0.15, -0.1) is 0 Å². The molecular weight excluding hydrogens is 581 g/mol. The molecule has 0 bridgehead atoms. The molecule has 9 nitrogen and oxygen atoms in total. The normalized spacial score (nSPS) is 20.8. The van der Waals surface area contributed by atoms with E-state index in [1.54, 1.807) is 4.90 Å². The molecule has 0 spiro atoms. The number of hydrogen-bond donors (Lipinski definition) is 0. The highest BCUT2D eigenvalue weighted by molar-refractivity contribution is 5.97. The Labute approximate surface area is 270 Å². The zero-order chi connectivity index (χ0) is 31.8. The number of ether oxygens (including phenoxy) is 1. The largest absolute Gasteiger partial charge is 0.463 e. The second kappa shape index (κ2) is 12.5.